The van der Waals surface area contributed by atoms with Crippen molar-refractivity contribution in [2.75, 3.05) is 13.1 Å². The predicted molar refractivity (Wildman–Crippen MR) is 120 cm³/mol. The highest BCUT2D eigenvalue weighted by molar-refractivity contribution is 5.94. The van der Waals surface area contributed by atoms with Crippen LogP contribution in [-0.4, -0.2) is 72.0 Å². The SMILES string of the molecule is CC(=O)[C@H](CN)NC(=O)C(NC(=O)[C@H](CCN)NC(=O)CC(N)C1CCCCC1)C(C)O. The lowest BCUT2D eigenvalue weighted by atomic mass is 9.83. The molecule has 184 valence electrons. The molecule has 3 unspecified atom stereocenters. The number of amides is 3. The summed E-state index contributed by atoms with van der Waals surface area (Å²) < 4.78 is 0. The third-order valence-electron chi connectivity index (χ3n) is 5.89. The maximum absolute atomic E-state index is 12.8. The fourth-order valence-corrected chi connectivity index (χ4v) is 3.88. The largest absolute Gasteiger partial charge is 0.391 e. The molecule has 10 N–H and O–H groups in total. The van der Waals surface area contributed by atoms with Crippen LogP contribution >= 0.6 is 0 Å². The molecule has 1 rings (SSSR count). The van der Waals surface area contributed by atoms with Crippen LogP contribution in [0.2, 0.25) is 0 Å². The van der Waals surface area contributed by atoms with Gasteiger partial charge in [0.15, 0.2) is 5.78 Å². The van der Waals surface area contributed by atoms with Gasteiger partial charge in [-0.15, -0.1) is 0 Å². The van der Waals surface area contributed by atoms with Gasteiger partial charge in [0.2, 0.25) is 17.7 Å². The topological polar surface area (TPSA) is 203 Å². The lowest BCUT2D eigenvalue weighted by molar-refractivity contribution is -0.135. The second-order valence-corrected chi connectivity index (χ2v) is 8.60. The zero-order chi connectivity index (χ0) is 24.3. The van der Waals surface area contributed by atoms with Crippen molar-refractivity contribution in [1.29, 1.82) is 0 Å². The van der Waals surface area contributed by atoms with E-state index in [0.29, 0.717) is 0 Å². The number of hydrogen-bond acceptors (Lipinski definition) is 8. The summed E-state index contributed by atoms with van der Waals surface area (Å²) in [6, 6.07) is -3.54. The highest BCUT2D eigenvalue weighted by Gasteiger charge is 2.31. The number of nitrogens with one attached hydrogen (secondary N) is 3. The van der Waals surface area contributed by atoms with E-state index in [0.717, 1.165) is 25.7 Å². The van der Waals surface area contributed by atoms with E-state index in [2.05, 4.69) is 16.0 Å². The summed E-state index contributed by atoms with van der Waals surface area (Å²) in [6.07, 6.45) is 4.38. The molecule has 11 heteroatoms. The van der Waals surface area contributed by atoms with Crippen LogP contribution in [0, 0.1) is 5.92 Å². The van der Waals surface area contributed by atoms with Crippen molar-refractivity contribution in [3.8, 4) is 0 Å². The molecule has 32 heavy (non-hydrogen) atoms. The Labute approximate surface area is 189 Å². The molecule has 0 radical (unpaired) electrons. The number of aliphatic hydroxyl groups is 1. The van der Waals surface area contributed by atoms with E-state index in [1.54, 1.807) is 0 Å². The first-order valence-electron chi connectivity index (χ1n) is 11.3. The van der Waals surface area contributed by atoms with Crippen LogP contribution in [0.15, 0.2) is 0 Å². The minimum atomic E-state index is -1.34. The minimum absolute atomic E-state index is 0.0934. The minimum Gasteiger partial charge on any atom is -0.391 e. The summed E-state index contributed by atoms with van der Waals surface area (Å²) >= 11 is 0. The van der Waals surface area contributed by atoms with Crippen LogP contribution in [0.5, 0.6) is 0 Å². The molecular formula is C21H40N6O5. The number of ketones is 1. The average Bonchev–Trinajstić information content (AvgIpc) is 2.75. The van der Waals surface area contributed by atoms with Gasteiger partial charge in [0, 0.05) is 19.0 Å². The van der Waals surface area contributed by atoms with E-state index < -0.39 is 36.0 Å². The molecule has 11 nitrogen and oxygen atoms in total. The molecule has 0 saturated heterocycles. The number of Topliss-reactive ketones (excluding diaryl/α,β-unsaturated/α-hetero) is 1. The lowest BCUT2D eigenvalue weighted by Crippen LogP contribution is -2.60. The molecule has 1 saturated carbocycles. The highest BCUT2D eigenvalue weighted by Crippen LogP contribution is 2.26. The quantitative estimate of drug-likeness (QED) is 0.165. The van der Waals surface area contributed by atoms with Gasteiger partial charge in [-0.05, 0) is 45.6 Å². The van der Waals surface area contributed by atoms with Crippen molar-refractivity contribution >= 4 is 23.5 Å². The number of carbonyl (C=O) groups excluding carboxylic acids is 4. The fourth-order valence-electron chi connectivity index (χ4n) is 3.88. The molecule has 3 amide bonds. The third-order valence-corrected chi connectivity index (χ3v) is 5.89. The van der Waals surface area contributed by atoms with Crippen molar-refractivity contribution in [2.45, 2.75) is 89.1 Å². The smallest absolute Gasteiger partial charge is 0.245 e. The van der Waals surface area contributed by atoms with Gasteiger partial charge in [-0.2, -0.15) is 0 Å². The van der Waals surface area contributed by atoms with E-state index >= 15 is 0 Å². The van der Waals surface area contributed by atoms with Gasteiger partial charge in [0.05, 0.1) is 12.1 Å². The fraction of sp³-hybridized carbons (Fsp3) is 0.810. The Bertz CT molecular complexity index is 638. The Morgan fingerprint density at radius 1 is 0.969 bits per heavy atom. The molecule has 5 atom stereocenters. The number of hydrogen-bond donors (Lipinski definition) is 7. The zero-order valence-electron chi connectivity index (χ0n) is 19.1. The molecule has 0 aromatic heterocycles. The van der Waals surface area contributed by atoms with Gasteiger partial charge in [0.25, 0.3) is 0 Å². The van der Waals surface area contributed by atoms with E-state index in [1.165, 1.54) is 20.3 Å². The number of rotatable bonds is 13. The van der Waals surface area contributed by atoms with E-state index in [1.807, 2.05) is 0 Å². The monoisotopic (exact) mass is 456 g/mol. The summed E-state index contributed by atoms with van der Waals surface area (Å²) in [4.78, 5) is 49.3. The van der Waals surface area contributed by atoms with E-state index in [4.69, 9.17) is 17.2 Å². The zero-order valence-corrected chi connectivity index (χ0v) is 19.1. The molecular weight excluding hydrogens is 416 g/mol. The van der Waals surface area contributed by atoms with Crippen LogP contribution in [0.3, 0.4) is 0 Å². The molecule has 0 heterocycles. The second-order valence-electron chi connectivity index (χ2n) is 8.60. The number of aliphatic hydroxyl groups excluding tert-OH is 1. The Morgan fingerprint density at radius 3 is 2.09 bits per heavy atom. The van der Waals surface area contributed by atoms with Gasteiger partial charge in [0.1, 0.15) is 12.1 Å². The number of nitrogens with two attached hydrogens (primary N) is 3. The molecule has 0 spiro atoms. The summed E-state index contributed by atoms with van der Waals surface area (Å²) in [5.74, 6) is -1.84. The van der Waals surface area contributed by atoms with Crippen LogP contribution in [0.4, 0.5) is 0 Å². The normalized spacial score (nSPS) is 19.2. The Kier molecular flexibility index (Phi) is 12.4. The van der Waals surface area contributed by atoms with Crippen LogP contribution in [0.25, 0.3) is 0 Å². The van der Waals surface area contributed by atoms with Gasteiger partial charge in [-0.3, -0.25) is 19.2 Å². The van der Waals surface area contributed by atoms with Crippen LogP contribution in [0.1, 0.15) is 58.8 Å². The van der Waals surface area contributed by atoms with Crippen molar-refractivity contribution in [3.63, 3.8) is 0 Å². The molecule has 0 aliphatic heterocycles. The third kappa shape index (κ3) is 9.19. The summed E-state index contributed by atoms with van der Waals surface area (Å²) in [5.41, 5.74) is 17.3. The van der Waals surface area contributed by atoms with Crippen molar-refractivity contribution < 1.29 is 24.3 Å². The van der Waals surface area contributed by atoms with Gasteiger partial charge in [-0.25, -0.2) is 0 Å². The molecule has 1 aliphatic carbocycles. The van der Waals surface area contributed by atoms with Crippen molar-refractivity contribution in [1.82, 2.24) is 16.0 Å². The van der Waals surface area contributed by atoms with Gasteiger partial charge < -0.3 is 38.3 Å². The molecule has 1 fully saturated rings. The average molecular weight is 457 g/mol. The van der Waals surface area contributed by atoms with E-state index in [9.17, 15) is 24.3 Å². The highest BCUT2D eigenvalue weighted by atomic mass is 16.3. The second kappa shape index (κ2) is 14.1. The first-order chi connectivity index (χ1) is 15.1. The Hall–Kier alpha value is -2.08. The van der Waals surface area contributed by atoms with Crippen molar-refractivity contribution in [3.05, 3.63) is 0 Å². The van der Waals surface area contributed by atoms with Gasteiger partial charge in [-0.1, -0.05) is 19.3 Å². The maximum Gasteiger partial charge on any atom is 0.245 e. The van der Waals surface area contributed by atoms with Crippen LogP contribution in [-0.2, 0) is 19.2 Å². The molecule has 1 aliphatic rings. The lowest BCUT2D eigenvalue weighted by Gasteiger charge is -2.28. The van der Waals surface area contributed by atoms with Crippen LogP contribution < -0.4 is 33.2 Å². The molecule has 0 bridgehead atoms. The first-order valence-corrected chi connectivity index (χ1v) is 11.3. The summed E-state index contributed by atoms with van der Waals surface area (Å²) in [5, 5.41) is 17.5. The first kappa shape index (κ1) is 28.0. The van der Waals surface area contributed by atoms with Gasteiger partial charge >= 0.3 is 0 Å². The van der Waals surface area contributed by atoms with E-state index in [-0.39, 0.29) is 49.6 Å². The van der Waals surface area contributed by atoms with Crippen molar-refractivity contribution in [2.24, 2.45) is 23.1 Å². The maximum atomic E-state index is 12.8. The summed E-state index contributed by atoms with van der Waals surface area (Å²) in [7, 11) is 0. The summed E-state index contributed by atoms with van der Waals surface area (Å²) in [6.45, 7) is 2.61. The Morgan fingerprint density at radius 2 is 1.59 bits per heavy atom. The Balaban J connectivity index is 2.74. The molecule has 0 aromatic carbocycles. The predicted octanol–water partition coefficient (Wildman–Crippen LogP) is -1.98. The standard InChI is InChI=1S/C21H40N6O5/c1-12(28)17(11-23)26-21(32)19(13(2)29)27-20(31)16(8-9-22)25-18(30)10-15(24)14-6-4-3-5-7-14/h13-17,19,29H,3-11,22-24H2,1-2H3,(H,25,30)(H,26,32)(H,27,31)/t13?,15?,16-,17-,19?/m0/s1. The molecule has 0 aromatic rings. The number of carbonyl (C=O) groups is 4.